The molecule has 0 bridgehead atoms. The van der Waals surface area contributed by atoms with E-state index in [0.29, 0.717) is 43.0 Å². The Kier molecular flexibility index (Phi) is 6.28. The van der Waals surface area contributed by atoms with Crippen LogP contribution in [0, 0.1) is 0 Å². The smallest absolute Gasteiger partial charge is 0.255 e. The van der Waals surface area contributed by atoms with Gasteiger partial charge in [0.05, 0.1) is 16.8 Å². The highest BCUT2D eigenvalue weighted by Gasteiger charge is 2.27. The molecule has 0 aliphatic carbocycles. The molecule has 1 fully saturated rings. The van der Waals surface area contributed by atoms with E-state index in [0.717, 1.165) is 37.5 Å². The number of nitrogens with zero attached hydrogens (tertiary/aromatic N) is 2. The normalized spacial score (nSPS) is 17.6. The van der Waals surface area contributed by atoms with E-state index >= 15 is 0 Å². The van der Waals surface area contributed by atoms with Crippen LogP contribution < -0.4 is 9.62 Å². The van der Waals surface area contributed by atoms with Crippen molar-refractivity contribution in [3.8, 4) is 0 Å². The second-order valence-corrected chi connectivity index (χ2v) is 12.1. The predicted octanol–water partition coefficient (Wildman–Crippen LogP) is 2.83. The average molecular weight is 478 g/mol. The van der Waals surface area contributed by atoms with Gasteiger partial charge in [0.15, 0.2) is 0 Å². The van der Waals surface area contributed by atoms with Crippen LogP contribution in [0.5, 0.6) is 0 Å². The van der Waals surface area contributed by atoms with Gasteiger partial charge in [-0.2, -0.15) is 4.31 Å². The van der Waals surface area contributed by atoms with Crippen molar-refractivity contribution in [2.45, 2.75) is 37.0 Å². The summed E-state index contributed by atoms with van der Waals surface area (Å²) in [6.07, 6.45) is 5.47. The lowest BCUT2D eigenvalue weighted by Crippen LogP contribution is -2.32. The van der Waals surface area contributed by atoms with Gasteiger partial charge in [0.1, 0.15) is 0 Å². The van der Waals surface area contributed by atoms with Crippen molar-refractivity contribution < 1.29 is 21.6 Å². The van der Waals surface area contributed by atoms with Gasteiger partial charge in [-0.25, -0.2) is 16.8 Å². The molecule has 8 nitrogen and oxygen atoms in total. The van der Waals surface area contributed by atoms with Crippen LogP contribution in [0.2, 0.25) is 0 Å². The van der Waals surface area contributed by atoms with Crippen molar-refractivity contribution in [2.24, 2.45) is 0 Å². The van der Waals surface area contributed by atoms with Crippen LogP contribution in [-0.4, -0.2) is 52.9 Å². The Morgan fingerprint density at radius 1 is 0.906 bits per heavy atom. The number of benzene rings is 2. The molecule has 1 N–H and O–H groups in total. The van der Waals surface area contributed by atoms with Crippen molar-refractivity contribution >= 4 is 37.3 Å². The highest BCUT2D eigenvalue weighted by Crippen LogP contribution is 2.31. The molecule has 0 radical (unpaired) electrons. The molecule has 172 valence electrons. The van der Waals surface area contributed by atoms with Gasteiger partial charge in [0.25, 0.3) is 5.91 Å². The van der Waals surface area contributed by atoms with E-state index < -0.39 is 20.0 Å². The first-order valence-corrected chi connectivity index (χ1v) is 14.0. The van der Waals surface area contributed by atoms with E-state index in [4.69, 9.17) is 0 Å². The van der Waals surface area contributed by atoms with E-state index in [9.17, 15) is 21.6 Å². The van der Waals surface area contributed by atoms with Gasteiger partial charge in [0.2, 0.25) is 20.0 Å². The summed E-state index contributed by atoms with van der Waals surface area (Å²) in [5, 5.41) is 2.76. The molecule has 32 heavy (non-hydrogen) atoms. The lowest BCUT2D eigenvalue weighted by atomic mass is 10.1. The fraction of sp³-hybridized carbons (Fsp3) is 0.409. The minimum Gasteiger partial charge on any atom is -0.322 e. The molecule has 4 rings (SSSR count). The molecule has 10 heteroatoms. The number of fused-ring (bicyclic) bond motifs is 1. The zero-order valence-electron chi connectivity index (χ0n) is 18.0. The van der Waals surface area contributed by atoms with Crippen LogP contribution in [0.25, 0.3) is 0 Å². The minimum atomic E-state index is -3.62. The Bertz CT molecular complexity index is 1230. The molecule has 2 aromatic carbocycles. The first-order chi connectivity index (χ1) is 15.2. The molecule has 0 spiro atoms. The number of hydrogen-bond donors (Lipinski definition) is 1. The molecular weight excluding hydrogens is 450 g/mol. The van der Waals surface area contributed by atoms with Gasteiger partial charge in [0, 0.05) is 30.9 Å². The number of nitrogens with one attached hydrogen (secondary N) is 1. The van der Waals surface area contributed by atoms with Crippen LogP contribution in [0.1, 0.15) is 41.6 Å². The van der Waals surface area contributed by atoms with E-state index in [2.05, 4.69) is 5.32 Å². The first kappa shape index (κ1) is 22.8. The summed E-state index contributed by atoms with van der Waals surface area (Å²) in [4.78, 5) is 13.0. The maximum absolute atomic E-state index is 13.0. The summed E-state index contributed by atoms with van der Waals surface area (Å²) in [5.74, 6) is -0.380. The minimum absolute atomic E-state index is 0.162. The Labute approximate surface area is 189 Å². The quantitative estimate of drug-likeness (QED) is 0.713. The van der Waals surface area contributed by atoms with Crippen molar-refractivity contribution in [1.82, 2.24) is 4.31 Å². The number of carbonyl (C=O) groups excluding carboxylic acids is 1. The van der Waals surface area contributed by atoms with E-state index in [1.54, 1.807) is 36.4 Å². The van der Waals surface area contributed by atoms with Crippen LogP contribution in [0.3, 0.4) is 0 Å². The van der Waals surface area contributed by atoms with Gasteiger partial charge >= 0.3 is 0 Å². The van der Waals surface area contributed by atoms with Crippen molar-refractivity contribution in [2.75, 3.05) is 35.5 Å². The maximum Gasteiger partial charge on any atom is 0.255 e. The molecule has 0 saturated carbocycles. The molecule has 1 amide bonds. The number of carbonyl (C=O) groups is 1. The van der Waals surface area contributed by atoms with Crippen molar-refractivity contribution in [3.63, 3.8) is 0 Å². The predicted molar refractivity (Wildman–Crippen MR) is 124 cm³/mol. The highest BCUT2D eigenvalue weighted by atomic mass is 32.2. The number of rotatable bonds is 5. The lowest BCUT2D eigenvalue weighted by Gasteiger charge is -2.20. The fourth-order valence-corrected chi connectivity index (χ4v) is 6.75. The largest absolute Gasteiger partial charge is 0.322 e. The maximum atomic E-state index is 13.0. The topological polar surface area (TPSA) is 104 Å². The van der Waals surface area contributed by atoms with Crippen molar-refractivity contribution in [3.05, 3.63) is 53.6 Å². The van der Waals surface area contributed by atoms with Crippen LogP contribution in [-0.2, 0) is 26.5 Å². The zero-order chi connectivity index (χ0) is 22.9. The number of amides is 1. The molecule has 2 heterocycles. The third kappa shape index (κ3) is 4.67. The third-order valence-corrected chi connectivity index (χ3v) is 8.96. The monoisotopic (exact) mass is 477 g/mol. The lowest BCUT2D eigenvalue weighted by molar-refractivity contribution is 0.102. The molecule has 0 aromatic heterocycles. The summed E-state index contributed by atoms with van der Waals surface area (Å²) in [7, 11) is -6.97. The molecule has 0 unspecified atom stereocenters. The van der Waals surface area contributed by atoms with Crippen molar-refractivity contribution in [1.29, 1.82) is 0 Å². The van der Waals surface area contributed by atoms with Gasteiger partial charge in [-0.15, -0.1) is 0 Å². The second-order valence-electron chi connectivity index (χ2n) is 8.23. The van der Waals surface area contributed by atoms with Crippen LogP contribution >= 0.6 is 0 Å². The molecule has 2 aliphatic heterocycles. The fourth-order valence-electron chi connectivity index (χ4n) is 4.23. The van der Waals surface area contributed by atoms with E-state index in [1.165, 1.54) is 14.7 Å². The van der Waals surface area contributed by atoms with Gasteiger partial charge in [-0.1, -0.05) is 18.9 Å². The Hall–Kier alpha value is -2.43. The van der Waals surface area contributed by atoms with Crippen LogP contribution in [0.15, 0.2) is 47.4 Å². The Balaban J connectivity index is 1.52. The number of anilines is 2. The molecular formula is C22H27N3O5S2. The molecule has 2 aliphatic rings. The summed E-state index contributed by atoms with van der Waals surface area (Å²) < 4.78 is 52.7. The molecule has 2 aromatic rings. The second kappa shape index (κ2) is 8.84. The Morgan fingerprint density at radius 2 is 1.62 bits per heavy atom. The number of hydrogen-bond acceptors (Lipinski definition) is 5. The van der Waals surface area contributed by atoms with Gasteiger partial charge in [-0.05, 0) is 61.2 Å². The first-order valence-electron chi connectivity index (χ1n) is 10.7. The summed E-state index contributed by atoms with van der Waals surface area (Å²) in [6, 6.07) is 11.2. The average Bonchev–Trinajstić information content (AvgIpc) is 2.98. The van der Waals surface area contributed by atoms with Gasteiger partial charge < -0.3 is 5.32 Å². The standard InChI is InChI=1S/C22H27N3O5S2/c1-31(27,28)25-14-11-17-15-18(9-10-21(17)25)22(26)23-19-7-6-8-20(16-19)32(29,30)24-12-4-2-3-5-13-24/h6-10,15-16H,2-5,11-14H2,1H3,(H,23,26). The Morgan fingerprint density at radius 3 is 2.31 bits per heavy atom. The van der Waals surface area contributed by atoms with Gasteiger partial charge in [-0.3, -0.25) is 9.10 Å². The van der Waals surface area contributed by atoms with Crippen LogP contribution in [0.4, 0.5) is 11.4 Å². The SMILES string of the molecule is CS(=O)(=O)N1CCc2cc(C(=O)Nc3cccc(S(=O)(=O)N4CCCCCC4)c3)ccc21. The summed E-state index contributed by atoms with van der Waals surface area (Å²) in [5.41, 5.74) is 2.17. The highest BCUT2D eigenvalue weighted by molar-refractivity contribution is 7.92. The third-order valence-electron chi connectivity index (χ3n) is 5.89. The summed E-state index contributed by atoms with van der Waals surface area (Å²) >= 11 is 0. The zero-order valence-corrected chi connectivity index (χ0v) is 19.6. The van der Waals surface area contributed by atoms with E-state index in [-0.39, 0.29) is 10.8 Å². The summed E-state index contributed by atoms with van der Waals surface area (Å²) in [6.45, 7) is 1.38. The number of sulfonamides is 2. The molecule has 1 saturated heterocycles. The van der Waals surface area contributed by atoms with E-state index in [1.807, 2.05) is 0 Å². The molecule has 0 atom stereocenters.